The molecule has 0 aromatic carbocycles. The van der Waals surface area contributed by atoms with Gasteiger partial charge in [0, 0.05) is 5.57 Å². The van der Waals surface area contributed by atoms with Gasteiger partial charge in [0.25, 0.3) is 0 Å². The maximum atomic E-state index is 11.5. The number of carboxylic acids is 1. The Bertz CT molecular complexity index is 447. The molecule has 2 aliphatic rings. The number of allylic oxidation sites excluding steroid dienone is 3. The lowest BCUT2D eigenvalue weighted by Crippen LogP contribution is -2.27. The van der Waals surface area contributed by atoms with Crippen LogP contribution in [0, 0.1) is 23.7 Å². The van der Waals surface area contributed by atoms with E-state index in [-0.39, 0.29) is 5.92 Å². The topological polar surface area (TPSA) is 37.3 Å². The number of unbranched alkanes of at least 4 members (excludes halogenated alkanes) is 2. The first kappa shape index (κ1) is 20.3. The Labute approximate surface area is 154 Å². The van der Waals surface area contributed by atoms with E-state index in [1.54, 1.807) is 0 Å². The molecule has 2 aliphatic carbocycles. The highest BCUT2D eigenvalue weighted by atomic mass is 16.4. The van der Waals surface area contributed by atoms with E-state index in [0.29, 0.717) is 5.57 Å². The smallest absolute Gasteiger partial charge is 0.331 e. The first-order valence-corrected chi connectivity index (χ1v) is 10.7. The van der Waals surface area contributed by atoms with Crippen LogP contribution in [0.15, 0.2) is 23.8 Å². The summed E-state index contributed by atoms with van der Waals surface area (Å²) in [4.78, 5) is 11.5. The van der Waals surface area contributed by atoms with Gasteiger partial charge in [-0.3, -0.25) is 0 Å². The van der Waals surface area contributed by atoms with E-state index in [1.165, 1.54) is 64.2 Å². The number of carboxylic acid groups (broad SMARTS) is 1. The lowest BCUT2D eigenvalue weighted by atomic mass is 9.68. The molecule has 0 heterocycles. The number of aliphatic carboxylic acids is 1. The molecule has 0 radical (unpaired) electrons. The van der Waals surface area contributed by atoms with Crippen molar-refractivity contribution in [3.63, 3.8) is 0 Å². The zero-order valence-electron chi connectivity index (χ0n) is 16.4. The van der Waals surface area contributed by atoms with Crippen LogP contribution >= 0.6 is 0 Å². The quantitative estimate of drug-likeness (QED) is 0.299. The van der Waals surface area contributed by atoms with Gasteiger partial charge in [-0.2, -0.15) is 0 Å². The Hall–Kier alpha value is -1.05. The Balaban J connectivity index is 1.76. The second-order valence-electron chi connectivity index (χ2n) is 8.34. The zero-order valence-corrected chi connectivity index (χ0v) is 16.4. The molecule has 2 fully saturated rings. The standard InChI is InChI=1S/C23H38O2/c1-3-5-7-8-18-10-12-19(13-11-18)20-14-16-21(17-15-20)22(23(24)25)9-6-4-2/h4,6,9,18-21H,3,5,7-8,10-17H2,1-2H3,(H,24,25)/t18-,19-,20-,21-. The lowest BCUT2D eigenvalue weighted by molar-refractivity contribution is -0.133. The van der Waals surface area contributed by atoms with Gasteiger partial charge in [-0.25, -0.2) is 4.79 Å². The van der Waals surface area contributed by atoms with Crippen molar-refractivity contribution < 1.29 is 9.90 Å². The molecule has 25 heavy (non-hydrogen) atoms. The van der Waals surface area contributed by atoms with Crippen LogP contribution in [0.1, 0.15) is 90.9 Å². The van der Waals surface area contributed by atoms with E-state index in [9.17, 15) is 9.90 Å². The van der Waals surface area contributed by atoms with Gasteiger partial charge in [-0.15, -0.1) is 0 Å². The minimum Gasteiger partial charge on any atom is -0.478 e. The molecule has 0 bridgehead atoms. The van der Waals surface area contributed by atoms with Gasteiger partial charge in [0.2, 0.25) is 0 Å². The number of rotatable bonds is 8. The van der Waals surface area contributed by atoms with Crippen LogP contribution < -0.4 is 0 Å². The number of hydrogen-bond acceptors (Lipinski definition) is 1. The Kier molecular flexibility index (Phi) is 8.78. The minimum absolute atomic E-state index is 0.260. The molecule has 0 saturated heterocycles. The van der Waals surface area contributed by atoms with Gasteiger partial charge >= 0.3 is 5.97 Å². The second-order valence-corrected chi connectivity index (χ2v) is 8.34. The van der Waals surface area contributed by atoms with Gasteiger partial charge in [0.05, 0.1) is 0 Å². The van der Waals surface area contributed by atoms with Crippen LogP contribution in [0.25, 0.3) is 0 Å². The molecule has 0 aromatic rings. The fourth-order valence-corrected chi connectivity index (χ4v) is 5.11. The van der Waals surface area contributed by atoms with E-state index in [1.807, 2.05) is 25.2 Å². The Morgan fingerprint density at radius 2 is 1.56 bits per heavy atom. The van der Waals surface area contributed by atoms with Crippen LogP contribution in [-0.4, -0.2) is 11.1 Å². The minimum atomic E-state index is -0.728. The highest BCUT2D eigenvalue weighted by Crippen LogP contribution is 2.43. The van der Waals surface area contributed by atoms with Crippen molar-refractivity contribution in [2.45, 2.75) is 90.9 Å². The predicted molar refractivity (Wildman–Crippen MR) is 106 cm³/mol. The fraction of sp³-hybridized carbons (Fsp3) is 0.783. The predicted octanol–water partition coefficient (Wildman–Crippen LogP) is 6.77. The summed E-state index contributed by atoms with van der Waals surface area (Å²) >= 11 is 0. The third-order valence-corrected chi connectivity index (χ3v) is 6.70. The summed E-state index contributed by atoms with van der Waals surface area (Å²) in [5, 5.41) is 9.48. The highest BCUT2D eigenvalue weighted by molar-refractivity contribution is 5.87. The Morgan fingerprint density at radius 3 is 2.08 bits per heavy atom. The van der Waals surface area contributed by atoms with E-state index in [4.69, 9.17) is 0 Å². The maximum absolute atomic E-state index is 11.5. The largest absolute Gasteiger partial charge is 0.478 e. The molecule has 0 unspecified atom stereocenters. The molecule has 0 spiro atoms. The maximum Gasteiger partial charge on any atom is 0.331 e. The van der Waals surface area contributed by atoms with E-state index >= 15 is 0 Å². The average Bonchev–Trinajstić information content (AvgIpc) is 2.63. The summed E-state index contributed by atoms with van der Waals surface area (Å²) in [6, 6.07) is 0. The van der Waals surface area contributed by atoms with Gasteiger partial charge in [0.15, 0.2) is 0 Å². The molecule has 0 aliphatic heterocycles. The molecule has 2 nitrogen and oxygen atoms in total. The number of carbonyl (C=O) groups is 1. The number of hydrogen-bond donors (Lipinski definition) is 1. The van der Waals surface area contributed by atoms with Crippen LogP contribution in [0.2, 0.25) is 0 Å². The normalized spacial score (nSPS) is 31.4. The first-order chi connectivity index (χ1) is 12.2. The summed E-state index contributed by atoms with van der Waals surface area (Å²) in [6.07, 6.45) is 21.5. The molecule has 0 atom stereocenters. The summed E-state index contributed by atoms with van der Waals surface area (Å²) in [7, 11) is 0. The molecular formula is C23H38O2. The van der Waals surface area contributed by atoms with Crippen molar-refractivity contribution in [2.24, 2.45) is 23.7 Å². The van der Waals surface area contributed by atoms with E-state index in [0.717, 1.165) is 30.6 Å². The van der Waals surface area contributed by atoms with Gasteiger partial charge < -0.3 is 5.11 Å². The summed E-state index contributed by atoms with van der Waals surface area (Å²) in [6.45, 7) is 4.22. The van der Waals surface area contributed by atoms with Crippen LogP contribution in [0.5, 0.6) is 0 Å². The molecule has 2 rings (SSSR count). The summed E-state index contributed by atoms with van der Waals surface area (Å²) < 4.78 is 0. The Morgan fingerprint density at radius 1 is 0.960 bits per heavy atom. The van der Waals surface area contributed by atoms with Gasteiger partial charge in [0.1, 0.15) is 0 Å². The molecule has 2 saturated carbocycles. The van der Waals surface area contributed by atoms with E-state index in [2.05, 4.69) is 6.92 Å². The van der Waals surface area contributed by atoms with Crippen molar-refractivity contribution >= 4 is 5.97 Å². The van der Waals surface area contributed by atoms with Crippen LogP contribution in [-0.2, 0) is 4.79 Å². The highest BCUT2D eigenvalue weighted by Gasteiger charge is 2.32. The van der Waals surface area contributed by atoms with Crippen LogP contribution in [0.4, 0.5) is 0 Å². The van der Waals surface area contributed by atoms with Crippen molar-refractivity contribution in [2.75, 3.05) is 0 Å². The lowest BCUT2D eigenvalue weighted by Gasteiger charge is -2.38. The van der Waals surface area contributed by atoms with Gasteiger partial charge in [-0.1, -0.05) is 63.7 Å². The third-order valence-electron chi connectivity index (χ3n) is 6.70. The molecule has 142 valence electrons. The monoisotopic (exact) mass is 346 g/mol. The van der Waals surface area contributed by atoms with Crippen molar-refractivity contribution in [1.29, 1.82) is 0 Å². The molecule has 2 heteroatoms. The van der Waals surface area contributed by atoms with E-state index < -0.39 is 5.97 Å². The average molecular weight is 347 g/mol. The molecule has 0 amide bonds. The second kappa shape index (κ2) is 10.8. The van der Waals surface area contributed by atoms with Crippen molar-refractivity contribution in [1.82, 2.24) is 0 Å². The molecule has 0 aromatic heterocycles. The summed E-state index contributed by atoms with van der Waals surface area (Å²) in [5.74, 6) is 2.28. The first-order valence-electron chi connectivity index (χ1n) is 10.7. The third kappa shape index (κ3) is 6.31. The molecule has 1 N–H and O–H groups in total. The SMILES string of the molecule is CC=CC=C(C(=O)O)[C@H]1CC[C@H]([C@H]2CC[C@H](CCCCC)CC2)CC1. The summed E-state index contributed by atoms with van der Waals surface area (Å²) in [5.41, 5.74) is 0.621. The van der Waals surface area contributed by atoms with Crippen molar-refractivity contribution in [3.05, 3.63) is 23.8 Å². The molecular weight excluding hydrogens is 308 g/mol. The van der Waals surface area contributed by atoms with Gasteiger partial charge in [-0.05, 0) is 69.1 Å². The fourth-order valence-electron chi connectivity index (χ4n) is 5.11. The van der Waals surface area contributed by atoms with Crippen molar-refractivity contribution in [3.8, 4) is 0 Å². The zero-order chi connectivity index (χ0) is 18.1. The van der Waals surface area contributed by atoms with Crippen LogP contribution in [0.3, 0.4) is 0 Å².